The molecule has 0 N–H and O–H groups in total. The summed E-state index contributed by atoms with van der Waals surface area (Å²) in [6.07, 6.45) is 4.33. The van der Waals surface area contributed by atoms with E-state index in [-0.39, 0.29) is 18.1 Å². The third kappa shape index (κ3) is 3.73. The van der Waals surface area contributed by atoms with Crippen LogP contribution in [0.4, 0.5) is 0 Å². The highest BCUT2D eigenvalue weighted by molar-refractivity contribution is 5.86. The lowest BCUT2D eigenvalue weighted by molar-refractivity contribution is -0.132. The summed E-state index contributed by atoms with van der Waals surface area (Å²) < 4.78 is 11.6. The smallest absolute Gasteiger partial charge is 0.237 e. The van der Waals surface area contributed by atoms with Crippen LogP contribution in [0, 0.1) is 11.3 Å². The number of methoxy groups -OCH3 is 1. The number of hydrogen-bond acceptors (Lipinski definition) is 6. The maximum Gasteiger partial charge on any atom is 0.237 e. The fourth-order valence-corrected chi connectivity index (χ4v) is 4.03. The number of rotatable bonds is 5. The van der Waals surface area contributed by atoms with Gasteiger partial charge < -0.3 is 14.4 Å². The maximum atomic E-state index is 12.6. The third-order valence-corrected chi connectivity index (χ3v) is 5.51. The molecule has 146 valence electrons. The van der Waals surface area contributed by atoms with Crippen LogP contribution < -0.4 is 9.47 Å². The summed E-state index contributed by atoms with van der Waals surface area (Å²) >= 11 is 0. The van der Waals surface area contributed by atoms with E-state index in [1.807, 2.05) is 24.3 Å². The second-order valence-electron chi connectivity index (χ2n) is 7.33. The second-order valence-corrected chi connectivity index (χ2v) is 7.33. The highest BCUT2D eigenvalue weighted by Gasteiger charge is 2.32. The van der Waals surface area contributed by atoms with Crippen molar-refractivity contribution in [1.29, 1.82) is 5.26 Å². The summed E-state index contributed by atoms with van der Waals surface area (Å²) in [4.78, 5) is 20.8. The minimum atomic E-state index is -0.264. The van der Waals surface area contributed by atoms with E-state index in [1.54, 1.807) is 18.2 Å². The van der Waals surface area contributed by atoms with Gasteiger partial charge in [-0.15, -0.1) is 0 Å². The minimum absolute atomic E-state index is 0.0231. The summed E-state index contributed by atoms with van der Waals surface area (Å²) in [6, 6.07) is 9.58. The summed E-state index contributed by atoms with van der Waals surface area (Å²) in [7, 11) is 1.64. The van der Waals surface area contributed by atoms with Crippen LogP contribution in [0.3, 0.4) is 0 Å². The van der Waals surface area contributed by atoms with E-state index < -0.39 is 0 Å². The Morgan fingerprint density at radius 3 is 3.04 bits per heavy atom. The minimum Gasteiger partial charge on any atom is -0.497 e. The standard InChI is InChI=1S/C21H24N4O3/c1-27-16-4-5-19-18(11-16)20(6-8-23-19)28-17-7-10-24(13-17)14-21(26)25-9-2-3-15(25)12-22/h4-6,8,11,15,17H,2-3,7,9-10,13-14H2,1H3/t15-,17-/m0/s1. The Labute approximate surface area is 164 Å². The van der Waals surface area contributed by atoms with Crippen molar-refractivity contribution in [2.45, 2.75) is 31.4 Å². The van der Waals surface area contributed by atoms with Gasteiger partial charge in [-0.1, -0.05) is 0 Å². The molecule has 2 aliphatic rings. The first-order valence-corrected chi connectivity index (χ1v) is 9.69. The molecule has 0 spiro atoms. The zero-order valence-electron chi connectivity index (χ0n) is 16.0. The van der Waals surface area contributed by atoms with Gasteiger partial charge in [-0.2, -0.15) is 5.26 Å². The first kappa shape index (κ1) is 18.5. The second kappa shape index (κ2) is 8.03. The Balaban J connectivity index is 1.39. The van der Waals surface area contributed by atoms with Crippen LogP contribution in [0.15, 0.2) is 30.5 Å². The van der Waals surface area contributed by atoms with Gasteiger partial charge in [-0.05, 0) is 43.5 Å². The summed E-state index contributed by atoms with van der Waals surface area (Å²) in [6.45, 7) is 2.55. The molecule has 0 unspecified atom stereocenters. The van der Waals surface area contributed by atoms with Crippen LogP contribution in [0.1, 0.15) is 19.3 Å². The van der Waals surface area contributed by atoms with E-state index in [2.05, 4.69) is 16.0 Å². The molecule has 2 saturated heterocycles. The van der Waals surface area contributed by atoms with Gasteiger partial charge in [0.1, 0.15) is 23.6 Å². The van der Waals surface area contributed by atoms with E-state index in [0.717, 1.165) is 48.2 Å². The van der Waals surface area contributed by atoms with Gasteiger partial charge in [0.25, 0.3) is 0 Å². The molecule has 3 heterocycles. The molecule has 4 rings (SSSR count). The maximum absolute atomic E-state index is 12.6. The fraction of sp³-hybridized carbons (Fsp3) is 0.476. The number of likely N-dealkylation sites (tertiary alicyclic amines) is 2. The van der Waals surface area contributed by atoms with Crippen molar-refractivity contribution in [3.8, 4) is 17.6 Å². The Kier molecular flexibility index (Phi) is 5.31. The molecule has 7 heteroatoms. The van der Waals surface area contributed by atoms with Crippen molar-refractivity contribution in [2.75, 3.05) is 33.3 Å². The topological polar surface area (TPSA) is 78.7 Å². The molecular formula is C21H24N4O3. The van der Waals surface area contributed by atoms with Crippen LogP contribution in [0.5, 0.6) is 11.5 Å². The lowest BCUT2D eigenvalue weighted by atomic mass is 10.2. The molecule has 1 aromatic heterocycles. The van der Waals surface area contributed by atoms with Gasteiger partial charge in [-0.25, -0.2) is 0 Å². The normalized spacial score (nSPS) is 22.4. The average Bonchev–Trinajstić information content (AvgIpc) is 3.37. The quantitative estimate of drug-likeness (QED) is 0.791. The van der Waals surface area contributed by atoms with Crippen molar-refractivity contribution in [3.63, 3.8) is 0 Å². The number of pyridine rings is 1. The Bertz CT molecular complexity index is 910. The van der Waals surface area contributed by atoms with Crippen LogP contribution in [-0.2, 0) is 4.79 Å². The third-order valence-electron chi connectivity index (χ3n) is 5.51. The van der Waals surface area contributed by atoms with Gasteiger partial charge in [-0.3, -0.25) is 14.7 Å². The number of carbonyl (C=O) groups excluding carboxylic acids is 1. The monoisotopic (exact) mass is 380 g/mol. The van der Waals surface area contributed by atoms with Crippen molar-refractivity contribution < 1.29 is 14.3 Å². The average molecular weight is 380 g/mol. The summed E-state index contributed by atoms with van der Waals surface area (Å²) in [5.41, 5.74) is 0.861. The van der Waals surface area contributed by atoms with E-state index in [9.17, 15) is 10.1 Å². The zero-order valence-corrected chi connectivity index (χ0v) is 16.0. The van der Waals surface area contributed by atoms with Crippen molar-refractivity contribution in [3.05, 3.63) is 30.5 Å². The number of benzene rings is 1. The van der Waals surface area contributed by atoms with Gasteiger partial charge in [0.05, 0.1) is 25.2 Å². The van der Waals surface area contributed by atoms with Crippen molar-refractivity contribution in [2.24, 2.45) is 0 Å². The number of nitriles is 1. The molecule has 0 bridgehead atoms. The largest absolute Gasteiger partial charge is 0.497 e. The van der Waals surface area contributed by atoms with Crippen LogP contribution in [-0.4, -0.2) is 66.1 Å². The number of carbonyl (C=O) groups is 1. The Morgan fingerprint density at radius 1 is 1.32 bits per heavy atom. The summed E-state index contributed by atoms with van der Waals surface area (Å²) in [5.74, 6) is 1.59. The molecule has 2 fully saturated rings. The molecule has 28 heavy (non-hydrogen) atoms. The lowest BCUT2D eigenvalue weighted by Crippen LogP contribution is -2.42. The highest BCUT2D eigenvalue weighted by atomic mass is 16.5. The first-order valence-electron chi connectivity index (χ1n) is 9.69. The number of fused-ring (bicyclic) bond motifs is 1. The summed E-state index contributed by atoms with van der Waals surface area (Å²) in [5, 5.41) is 10.1. The van der Waals surface area contributed by atoms with Crippen molar-refractivity contribution in [1.82, 2.24) is 14.8 Å². The van der Waals surface area contributed by atoms with Gasteiger partial charge >= 0.3 is 0 Å². The van der Waals surface area contributed by atoms with E-state index in [1.165, 1.54) is 0 Å². The lowest BCUT2D eigenvalue weighted by Gasteiger charge is -2.23. The number of ether oxygens (including phenoxy) is 2. The van der Waals surface area contributed by atoms with E-state index >= 15 is 0 Å². The predicted octanol–water partition coefficient (Wildman–Crippen LogP) is 2.21. The molecule has 2 aliphatic heterocycles. The van der Waals surface area contributed by atoms with Gasteiger partial charge in [0, 0.05) is 31.2 Å². The molecule has 2 atom stereocenters. The van der Waals surface area contributed by atoms with E-state index in [4.69, 9.17) is 9.47 Å². The first-order chi connectivity index (χ1) is 13.7. The van der Waals surface area contributed by atoms with Crippen LogP contribution in [0.2, 0.25) is 0 Å². The highest BCUT2D eigenvalue weighted by Crippen LogP contribution is 2.29. The fourth-order valence-electron chi connectivity index (χ4n) is 4.03. The van der Waals surface area contributed by atoms with Crippen LogP contribution in [0.25, 0.3) is 10.9 Å². The van der Waals surface area contributed by atoms with Crippen LogP contribution >= 0.6 is 0 Å². The molecule has 7 nitrogen and oxygen atoms in total. The molecular weight excluding hydrogens is 356 g/mol. The van der Waals surface area contributed by atoms with Gasteiger partial charge in [0.2, 0.25) is 5.91 Å². The number of aromatic nitrogens is 1. The number of hydrogen-bond donors (Lipinski definition) is 0. The molecule has 0 radical (unpaired) electrons. The van der Waals surface area contributed by atoms with Gasteiger partial charge in [0.15, 0.2) is 0 Å². The molecule has 1 aromatic carbocycles. The molecule has 2 aromatic rings. The Morgan fingerprint density at radius 2 is 2.21 bits per heavy atom. The SMILES string of the molecule is COc1ccc2nccc(O[C@H]3CCN(CC(=O)N4CCC[C@H]4C#N)C3)c2c1. The number of amides is 1. The molecule has 1 amide bonds. The van der Waals surface area contributed by atoms with E-state index in [0.29, 0.717) is 19.6 Å². The zero-order chi connectivity index (χ0) is 19.5. The molecule has 0 aliphatic carbocycles. The predicted molar refractivity (Wildman–Crippen MR) is 104 cm³/mol. The van der Waals surface area contributed by atoms with Crippen molar-refractivity contribution >= 4 is 16.8 Å². The Hall–Kier alpha value is -2.85. The number of nitrogens with zero attached hydrogens (tertiary/aromatic N) is 4. The molecule has 0 saturated carbocycles.